The molecule has 2 aromatic rings. The average Bonchev–Trinajstić information content (AvgIpc) is 3.22. The topological polar surface area (TPSA) is 84.2 Å². The van der Waals surface area contributed by atoms with E-state index in [0.717, 1.165) is 32.4 Å². The van der Waals surface area contributed by atoms with Crippen molar-refractivity contribution in [3.05, 3.63) is 29.3 Å². The van der Waals surface area contributed by atoms with Crippen LogP contribution in [-0.2, 0) is 17.6 Å². The van der Waals surface area contributed by atoms with Gasteiger partial charge in [-0.1, -0.05) is 0 Å². The zero-order valence-corrected chi connectivity index (χ0v) is 14.2. The van der Waals surface area contributed by atoms with Gasteiger partial charge in [0.1, 0.15) is 5.76 Å². The van der Waals surface area contributed by atoms with Crippen LogP contribution < -0.4 is 4.74 Å². The Morgan fingerprint density at radius 1 is 1.54 bits per heavy atom. The Hall–Kier alpha value is -2.31. The summed E-state index contributed by atoms with van der Waals surface area (Å²) in [7, 11) is 1.54. The second kappa shape index (κ2) is 7.51. The van der Waals surface area contributed by atoms with Crippen LogP contribution in [0.5, 0.6) is 5.88 Å². The molecular formula is C17H24N4O3. The third-order valence-corrected chi connectivity index (χ3v) is 4.63. The molecule has 7 heteroatoms. The molecule has 1 amide bonds. The Kier molecular flexibility index (Phi) is 5.17. The fourth-order valence-corrected chi connectivity index (χ4v) is 3.22. The van der Waals surface area contributed by atoms with Crippen molar-refractivity contribution in [2.45, 2.75) is 39.0 Å². The lowest BCUT2D eigenvalue weighted by atomic mass is 9.92. The van der Waals surface area contributed by atoms with Crippen molar-refractivity contribution in [2.75, 3.05) is 20.2 Å². The molecule has 0 saturated carbocycles. The molecule has 0 unspecified atom stereocenters. The van der Waals surface area contributed by atoms with Crippen molar-refractivity contribution >= 4 is 5.91 Å². The van der Waals surface area contributed by atoms with Crippen molar-refractivity contribution in [1.29, 1.82) is 0 Å². The maximum atomic E-state index is 12.5. The van der Waals surface area contributed by atoms with E-state index >= 15 is 0 Å². The van der Waals surface area contributed by atoms with Gasteiger partial charge in [-0.15, -0.1) is 0 Å². The Labute approximate surface area is 141 Å². The first-order valence-electron chi connectivity index (χ1n) is 8.42. The molecule has 7 nitrogen and oxygen atoms in total. The maximum absolute atomic E-state index is 12.5. The number of aryl methyl sites for hydroxylation is 2. The molecule has 1 N–H and O–H groups in total. The van der Waals surface area contributed by atoms with Gasteiger partial charge in [0.2, 0.25) is 5.91 Å². The molecule has 0 aromatic carbocycles. The lowest BCUT2D eigenvalue weighted by Gasteiger charge is -2.32. The van der Waals surface area contributed by atoms with E-state index in [4.69, 9.17) is 9.26 Å². The summed E-state index contributed by atoms with van der Waals surface area (Å²) < 4.78 is 10.1. The number of carbonyl (C=O) groups is 1. The summed E-state index contributed by atoms with van der Waals surface area (Å²) in [5.74, 6) is 1.80. The predicted molar refractivity (Wildman–Crippen MR) is 87.7 cm³/mol. The predicted octanol–water partition coefficient (Wildman–Crippen LogP) is 2.13. The van der Waals surface area contributed by atoms with Gasteiger partial charge in [0, 0.05) is 37.7 Å². The van der Waals surface area contributed by atoms with Crippen molar-refractivity contribution < 1.29 is 14.1 Å². The van der Waals surface area contributed by atoms with Gasteiger partial charge >= 0.3 is 0 Å². The minimum Gasteiger partial charge on any atom is -0.479 e. The first-order valence-corrected chi connectivity index (χ1v) is 8.42. The molecule has 2 aromatic heterocycles. The van der Waals surface area contributed by atoms with Crippen LogP contribution in [0.2, 0.25) is 0 Å². The number of hydrogen-bond donors (Lipinski definition) is 1. The first kappa shape index (κ1) is 16.5. The van der Waals surface area contributed by atoms with Gasteiger partial charge in [-0.25, -0.2) is 0 Å². The summed E-state index contributed by atoms with van der Waals surface area (Å²) >= 11 is 0. The van der Waals surface area contributed by atoms with Gasteiger partial charge in [0.15, 0.2) is 0 Å². The number of nitrogens with zero attached hydrogens (tertiary/aromatic N) is 3. The number of likely N-dealkylation sites (tertiary alicyclic amines) is 1. The highest BCUT2D eigenvalue weighted by Crippen LogP contribution is 2.22. The molecule has 1 atom stereocenters. The number of H-pyrrole nitrogens is 1. The number of piperidine rings is 1. The fourth-order valence-electron chi connectivity index (χ4n) is 3.22. The van der Waals surface area contributed by atoms with Crippen LogP contribution in [-0.4, -0.2) is 46.4 Å². The Morgan fingerprint density at radius 2 is 2.42 bits per heavy atom. The highest BCUT2D eigenvalue weighted by atomic mass is 16.5. The third-order valence-electron chi connectivity index (χ3n) is 4.63. The van der Waals surface area contributed by atoms with E-state index in [0.29, 0.717) is 30.4 Å². The van der Waals surface area contributed by atoms with Crippen molar-refractivity contribution in [1.82, 2.24) is 20.3 Å². The number of hydrogen-bond acceptors (Lipinski definition) is 5. The second-order valence-corrected chi connectivity index (χ2v) is 6.42. The summed E-state index contributed by atoms with van der Waals surface area (Å²) in [6.45, 7) is 3.73. The monoisotopic (exact) mass is 332 g/mol. The molecule has 1 fully saturated rings. The van der Waals surface area contributed by atoms with Gasteiger partial charge in [0.05, 0.1) is 13.3 Å². The molecule has 3 rings (SSSR count). The maximum Gasteiger partial charge on any atom is 0.254 e. The minimum atomic E-state index is 0.177. The zero-order chi connectivity index (χ0) is 16.9. The van der Waals surface area contributed by atoms with Gasteiger partial charge in [0.25, 0.3) is 5.88 Å². The standard InChI is InChI=1S/C17H24N4O3/c1-12-10-18-19-15(12)8-13-4-3-7-21(11-13)17(22)6-5-14-9-16(23-2)20-24-14/h9-10,13H,3-8,11H2,1-2H3,(H,18,19)/t13-/m0/s1. The van der Waals surface area contributed by atoms with Crippen molar-refractivity contribution in [3.63, 3.8) is 0 Å². The van der Waals surface area contributed by atoms with Gasteiger partial charge in [-0.3, -0.25) is 9.89 Å². The normalized spacial score (nSPS) is 17.9. The molecule has 24 heavy (non-hydrogen) atoms. The number of ether oxygens (including phenoxy) is 1. The first-order chi connectivity index (χ1) is 11.7. The SMILES string of the molecule is COc1cc(CCC(=O)N2CCC[C@@H](Cc3[nH]ncc3C)C2)on1. The summed E-state index contributed by atoms with van der Waals surface area (Å²) in [5.41, 5.74) is 2.38. The number of carbonyl (C=O) groups excluding carboxylic acids is 1. The summed E-state index contributed by atoms with van der Waals surface area (Å²) in [4.78, 5) is 14.5. The van der Waals surface area contributed by atoms with Crippen molar-refractivity contribution in [2.24, 2.45) is 5.92 Å². The zero-order valence-electron chi connectivity index (χ0n) is 14.2. The Morgan fingerprint density at radius 3 is 3.12 bits per heavy atom. The summed E-state index contributed by atoms with van der Waals surface area (Å²) in [5, 5.41) is 10.9. The molecular weight excluding hydrogens is 308 g/mol. The lowest BCUT2D eigenvalue weighted by molar-refractivity contribution is -0.133. The molecule has 1 aliphatic heterocycles. The highest BCUT2D eigenvalue weighted by molar-refractivity contribution is 5.76. The minimum absolute atomic E-state index is 0.177. The van der Waals surface area contributed by atoms with Crippen LogP contribution >= 0.6 is 0 Å². The molecule has 1 aliphatic rings. The summed E-state index contributed by atoms with van der Waals surface area (Å²) in [6, 6.07) is 1.73. The molecule has 0 spiro atoms. The molecule has 3 heterocycles. The van der Waals surface area contributed by atoms with Gasteiger partial charge in [-0.2, -0.15) is 5.10 Å². The number of aromatic nitrogens is 3. The molecule has 0 radical (unpaired) electrons. The quantitative estimate of drug-likeness (QED) is 0.876. The van der Waals surface area contributed by atoms with E-state index in [9.17, 15) is 4.79 Å². The highest BCUT2D eigenvalue weighted by Gasteiger charge is 2.24. The molecule has 0 aliphatic carbocycles. The Balaban J connectivity index is 1.50. The third kappa shape index (κ3) is 3.96. The van der Waals surface area contributed by atoms with E-state index in [1.165, 1.54) is 11.3 Å². The van der Waals surface area contributed by atoms with Crippen LogP contribution in [0, 0.1) is 12.8 Å². The van der Waals surface area contributed by atoms with E-state index in [-0.39, 0.29) is 5.91 Å². The number of rotatable bonds is 6. The number of nitrogens with one attached hydrogen (secondary N) is 1. The second-order valence-electron chi connectivity index (χ2n) is 6.42. The molecule has 1 saturated heterocycles. The Bertz CT molecular complexity index is 679. The van der Waals surface area contributed by atoms with Gasteiger partial charge < -0.3 is 14.2 Å². The van der Waals surface area contributed by atoms with E-state index in [1.54, 1.807) is 13.2 Å². The average molecular weight is 332 g/mol. The van der Waals surface area contributed by atoms with Crippen LogP contribution in [0.25, 0.3) is 0 Å². The molecule has 130 valence electrons. The van der Waals surface area contributed by atoms with Crippen molar-refractivity contribution in [3.8, 4) is 5.88 Å². The van der Waals surface area contributed by atoms with Crippen LogP contribution in [0.1, 0.15) is 36.3 Å². The largest absolute Gasteiger partial charge is 0.479 e. The van der Waals surface area contributed by atoms with Crippen LogP contribution in [0.4, 0.5) is 0 Å². The van der Waals surface area contributed by atoms with Crippen LogP contribution in [0.15, 0.2) is 16.8 Å². The number of amides is 1. The van der Waals surface area contributed by atoms with E-state index in [1.807, 2.05) is 11.1 Å². The van der Waals surface area contributed by atoms with E-state index in [2.05, 4.69) is 22.3 Å². The molecule has 0 bridgehead atoms. The lowest BCUT2D eigenvalue weighted by Crippen LogP contribution is -2.40. The number of methoxy groups -OCH3 is 1. The van der Waals surface area contributed by atoms with Gasteiger partial charge in [-0.05, 0) is 42.8 Å². The summed E-state index contributed by atoms with van der Waals surface area (Å²) in [6.07, 6.45) is 6.01. The van der Waals surface area contributed by atoms with E-state index < -0.39 is 0 Å². The van der Waals surface area contributed by atoms with Crippen LogP contribution in [0.3, 0.4) is 0 Å². The fraction of sp³-hybridized carbons (Fsp3) is 0.588. The number of aromatic amines is 1. The smallest absolute Gasteiger partial charge is 0.254 e.